The van der Waals surface area contributed by atoms with Gasteiger partial charge in [-0.05, 0) is 55.6 Å². The lowest BCUT2D eigenvalue weighted by Crippen LogP contribution is -2.60. The van der Waals surface area contributed by atoms with E-state index in [0.717, 1.165) is 11.0 Å². The van der Waals surface area contributed by atoms with Gasteiger partial charge >= 0.3 is 5.69 Å². The van der Waals surface area contributed by atoms with Gasteiger partial charge in [-0.15, -0.1) is 5.10 Å². The lowest BCUT2D eigenvalue weighted by atomic mass is 9.64. The molecule has 0 spiro atoms. The Hall–Kier alpha value is -2.57. The maximum absolute atomic E-state index is 12.9. The highest BCUT2D eigenvalue weighted by Crippen LogP contribution is 2.61. The van der Waals surface area contributed by atoms with Gasteiger partial charge in [0, 0.05) is 12.6 Å². The van der Waals surface area contributed by atoms with Crippen LogP contribution < -0.4 is 11.0 Å². The molecule has 1 N–H and O–H groups in total. The Labute approximate surface area is 163 Å². The van der Waals surface area contributed by atoms with Gasteiger partial charge in [0.05, 0.1) is 11.0 Å². The predicted molar refractivity (Wildman–Crippen MR) is 107 cm³/mol. The minimum Gasteiger partial charge on any atom is -0.349 e. The third-order valence-corrected chi connectivity index (χ3v) is 7.91. The summed E-state index contributed by atoms with van der Waals surface area (Å²) in [6.45, 7) is 6.65. The molecule has 3 unspecified atom stereocenters. The Bertz CT molecular complexity index is 1170. The average molecular weight is 381 g/mol. The summed E-state index contributed by atoms with van der Waals surface area (Å²) in [6, 6.07) is 7.69. The van der Waals surface area contributed by atoms with E-state index in [0.29, 0.717) is 17.6 Å². The van der Waals surface area contributed by atoms with Crippen molar-refractivity contribution in [1.82, 2.24) is 24.1 Å². The first-order valence-corrected chi connectivity index (χ1v) is 10.1. The molecule has 3 atom stereocenters. The molecule has 2 heterocycles. The number of hydrogen-bond donors (Lipinski definition) is 1. The van der Waals surface area contributed by atoms with Gasteiger partial charge in [0.1, 0.15) is 6.54 Å². The van der Waals surface area contributed by atoms with E-state index >= 15 is 0 Å². The van der Waals surface area contributed by atoms with Crippen LogP contribution in [0, 0.1) is 17.3 Å². The molecule has 28 heavy (non-hydrogen) atoms. The van der Waals surface area contributed by atoms with E-state index in [-0.39, 0.29) is 29.1 Å². The van der Waals surface area contributed by atoms with Crippen LogP contribution in [0.2, 0.25) is 0 Å². The monoisotopic (exact) mass is 381 g/mol. The Morgan fingerprint density at radius 1 is 1.18 bits per heavy atom. The zero-order chi connectivity index (χ0) is 19.8. The van der Waals surface area contributed by atoms with Gasteiger partial charge in [-0.25, -0.2) is 13.9 Å². The number of rotatable bonds is 3. The highest BCUT2D eigenvalue weighted by molar-refractivity contribution is 5.80. The molecule has 2 saturated carbocycles. The Morgan fingerprint density at radius 3 is 2.54 bits per heavy atom. The first kappa shape index (κ1) is 17.5. The lowest BCUT2D eigenvalue weighted by Gasteiger charge is -2.48. The van der Waals surface area contributed by atoms with Crippen molar-refractivity contribution in [2.75, 3.05) is 0 Å². The Balaban J connectivity index is 1.46. The van der Waals surface area contributed by atoms with Gasteiger partial charge in [-0.3, -0.25) is 4.79 Å². The minimum absolute atomic E-state index is 0.0576. The summed E-state index contributed by atoms with van der Waals surface area (Å²) in [5, 5.41) is 7.73. The highest BCUT2D eigenvalue weighted by Gasteiger charge is 2.60. The quantitative estimate of drug-likeness (QED) is 0.757. The van der Waals surface area contributed by atoms with Crippen LogP contribution in [-0.4, -0.2) is 30.2 Å². The Morgan fingerprint density at radius 2 is 1.86 bits per heavy atom. The molecule has 2 aromatic heterocycles. The predicted octanol–water partition coefficient (Wildman–Crippen LogP) is 2.32. The fourth-order valence-corrected chi connectivity index (χ4v) is 5.81. The van der Waals surface area contributed by atoms with Crippen molar-refractivity contribution in [2.24, 2.45) is 24.3 Å². The summed E-state index contributed by atoms with van der Waals surface area (Å²) in [7, 11) is 1.88. The van der Waals surface area contributed by atoms with E-state index in [4.69, 9.17) is 0 Å². The second-order valence-electron chi connectivity index (χ2n) is 9.30. The number of carbonyl (C=O) groups is 1. The molecular weight excluding hydrogens is 354 g/mol. The van der Waals surface area contributed by atoms with Crippen molar-refractivity contribution in [3.05, 3.63) is 34.7 Å². The van der Waals surface area contributed by atoms with Crippen LogP contribution in [0.4, 0.5) is 0 Å². The normalized spacial score (nSPS) is 28.4. The summed E-state index contributed by atoms with van der Waals surface area (Å²) in [4.78, 5) is 25.8. The molecule has 1 aromatic carbocycles. The standard InChI is InChI=1S/C21H27N5O2/c1-20(2)13-9-10-14(11-13)21(20,3)22-17(27)12-25-19(28)26-16-8-6-5-7-15(16)24(4)18(26)23-25/h5-8,13-14H,9-12H2,1-4H3,(H,22,27). The highest BCUT2D eigenvalue weighted by atomic mass is 16.2. The fourth-order valence-electron chi connectivity index (χ4n) is 5.81. The molecule has 3 aromatic rings. The van der Waals surface area contributed by atoms with Crippen molar-refractivity contribution in [3.8, 4) is 0 Å². The van der Waals surface area contributed by atoms with Crippen LogP contribution in [0.3, 0.4) is 0 Å². The number of nitrogens with one attached hydrogen (secondary N) is 1. The summed E-state index contributed by atoms with van der Waals surface area (Å²) >= 11 is 0. The van der Waals surface area contributed by atoms with Crippen LogP contribution in [-0.2, 0) is 18.4 Å². The lowest BCUT2D eigenvalue weighted by molar-refractivity contribution is -0.126. The number of fused-ring (bicyclic) bond motifs is 5. The van der Waals surface area contributed by atoms with Gasteiger partial charge < -0.3 is 9.88 Å². The average Bonchev–Trinajstić information content (AvgIpc) is 3.36. The van der Waals surface area contributed by atoms with Crippen molar-refractivity contribution in [2.45, 2.75) is 52.1 Å². The minimum atomic E-state index is -0.278. The van der Waals surface area contributed by atoms with Crippen LogP contribution >= 0.6 is 0 Å². The van der Waals surface area contributed by atoms with Gasteiger partial charge in [-0.2, -0.15) is 0 Å². The molecule has 2 aliphatic carbocycles. The van der Waals surface area contributed by atoms with E-state index in [1.165, 1.54) is 23.9 Å². The Kier molecular flexibility index (Phi) is 3.44. The molecule has 1 amide bonds. The summed E-state index contributed by atoms with van der Waals surface area (Å²) < 4.78 is 4.73. The van der Waals surface area contributed by atoms with E-state index in [2.05, 4.69) is 31.2 Å². The molecule has 148 valence electrons. The van der Waals surface area contributed by atoms with Crippen LogP contribution in [0.15, 0.2) is 29.1 Å². The van der Waals surface area contributed by atoms with E-state index < -0.39 is 0 Å². The van der Waals surface area contributed by atoms with Crippen molar-refractivity contribution in [3.63, 3.8) is 0 Å². The first-order chi connectivity index (χ1) is 13.2. The molecule has 7 nitrogen and oxygen atoms in total. The number of aryl methyl sites for hydroxylation is 1. The number of imidazole rings is 1. The third-order valence-electron chi connectivity index (χ3n) is 7.91. The topological polar surface area (TPSA) is 73.3 Å². The second kappa shape index (κ2) is 5.49. The SMILES string of the molecule is Cn1c2ccccc2n2c(=O)n(CC(=O)NC3(C)C4CCC(C4)C3(C)C)nc12. The van der Waals surface area contributed by atoms with Crippen molar-refractivity contribution < 1.29 is 4.79 Å². The third kappa shape index (κ3) is 2.07. The molecule has 0 aliphatic heterocycles. The van der Waals surface area contributed by atoms with Crippen LogP contribution in [0.25, 0.3) is 16.8 Å². The molecule has 2 fully saturated rings. The van der Waals surface area contributed by atoms with E-state index in [9.17, 15) is 9.59 Å². The number of benzene rings is 1. The number of aromatic nitrogens is 4. The van der Waals surface area contributed by atoms with E-state index in [1.807, 2.05) is 35.9 Å². The van der Waals surface area contributed by atoms with Crippen molar-refractivity contribution >= 4 is 22.7 Å². The first-order valence-electron chi connectivity index (χ1n) is 10.1. The molecule has 2 aliphatic rings. The summed E-state index contributed by atoms with van der Waals surface area (Å²) in [6.07, 6.45) is 3.61. The number of hydrogen-bond acceptors (Lipinski definition) is 3. The number of amides is 1. The maximum atomic E-state index is 12.9. The smallest absolute Gasteiger partial charge is 0.349 e. The summed E-state index contributed by atoms with van der Waals surface area (Å²) in [5.41, 5.74) is 1.29. The van der Waals surface area contributed by atoms with Gasteiger partial charge in [0.2, 0.25) is 11.7 Å². The zero-order valence-corrected chi connectivity index (χ0v) is 16.9. The van der Waals surface area contributed by atoms with Crippen LogP contribution in [0.5, 0.6) is 0 Å². The molecule has 2 bridgehead atoms. The largest absolute Gasteiger partial charge is 0.352 e. The number of nitrogens with zero attached hydrogens (tertiary/aromatic N) is 4. The molecule has 5 rings (SSSR count). The molecule has 0 radical (unpaired) electrons. The second-order valence-corrected chi connectivity index (χ2v) is 9.30. The molecule has 0 saturated heterocycles. The van der Waals surface area contributed by atoms with Gasteiger partial charge in [0.15, 0.2) is 0 Å². The number of para-hydroxylation sites is 2. The van der Waals surface area contributed by atoms with E-state index in [1.54, 1.807) is 4.40 Å². The zero-order valence-electron chi connectivity index (χ0n) is 16.9. The molecular formula is C21H27N5O2. The summed E-state index contributed by atoms with van der Waals surface area (Å²) in [5.74, 6) is 1.58. The van der Waals surface area contributed by atoms with Crippen LogP contribution in [0.1, 0.15) is 40.0 Å². The van der Waals surface area contributed by atoms with Gasteiger partial charge in [-0.1, -0.05) is 26.0 Å². The van der Waals surface area contributed by atoms with Gasteiger partial charge in [0.25, 0.3) is 0 Å². The molecule has 7 heteroatoms. The fraction of sp³-hybridized carbons (Fsp3) is 0.571. The maximum Gasteiger partial charge on any atom is 0.352 e. The van der Waals surface area contributed by atoms with Crippen molar-refractivity contribution in [1.29, 1.82) is 0 Å². The number of carbonyl (C=O) groups excluding carboxylic acids is 1.